The van der Waals surface area contributed by atoms with E-state index in [1.807, 2.05) is 0 Å². The van der Waals surface area contributed by atoms with Gasteiger partial charge in [-0.3, -0.25) is 0 Å². The number of hydrogen-bond acceptors (Lipinski definition) is 4. The number of benzene rings is 1. The highest BCUT2D eigenvalue weighted by molar-refractivity contribution is 7.89. The van der Waals surface area contributed by atoms with Crippen LogP contribution >= 0.6 is 0 Å². The van der Waals surface area contributed by atoms with Gasteiger partial charge in [0.25, 0.3) is 0 Å². The smallest absolute Gasteiger partial charge is 0.242 e. The molecule has 0 bridgehead atoms. The third kappa shape index (κ3) is 3.16. The van der Waals surface area contributed by atoms with E-state index >= 15 is 0 Å². The average Bonchev–Trinajstić information content (AvgIpc) is 2.39. The average molecular weight is 311 g/mol. The Labute approximate surface area is 127 Å². The maximum atomic E-state index is 12.3. The van der Waals surface area contributed by atoms with Gasteiger partial charge in [-0.25, -0.2) is 12.7 Å². The highest BCUT2D eigenvalue weighted by Crippen LogP contribution is 2.33. The van der Waals surface area contributed by atoms with Crippen LogP contribution in [-0.2, 0) is 10.0 Å². The molecule has 0 amide bonds. The molecule has 118 valence electrons. The molecule has 21 heavy (non-hydrogen) atoms. The molecule has 2 atom stereocenters. The SMILES string of the molecule is CC1CCN(c2cc(S(=O)(=O)N(C)C)ccc2N)C(C)C1. The van der Waals surface area contributed by atoms with Crippen molar-refractivity contribution in [3.8, 4) is 0 Å². The first kappa shape index (κ1) is 16.1. The van der Waals surface area contributed by atoms with E-state index in [4.69, 9.17) is 5.73 Å². The van der Waals surface area contributed by atoms with Crippen molar-refractivity contribution in [3.05, 3.63) is 18.2 Å². The number of rotatable bonds is 3. The van der Waals surface area contributed by atoms with Gasteiger partial charge in [-0.05, 0) is 43.9 Å². The van der Waals surface area contributed by atoms with Gasteiger partial charge in [0.05, 0.1) is 16.3 Å². The van der Waals surface area contributed by atoms with E-state index in [-0.39, 0.29) is 0 Å². The number of anilines is 2. The summed E-state index contributed by atoms with van der Waals surface area (Å²) in [7, 11) is -0.355. The van der Waals surface area contributed by atoms with Crippen LogP contribution in [0.5, 0.6) is 0 Å². The van der Waals surface area contributed by atoms with Crippen molar-refractivity contribution in [2.75, 3.05) is 31.3 Å². The molecule has 0 aromatic heterocycles. The number of piperidine rings is 1. The highest BCUT2D eigenvalue weighted by atomic mass is 32.2. The summed E-state index contributed by atoms with van der Waals surface area (Å²) in [5, 5.41) is 0. The van der Waals surface area contributed by atoms with E-state index < -0.39 is 10.0 Å². The van der Waals surface area contributed by atoms with Crippen molar-refractivity contribution < 1.29 is 8.42 Å². The minimum Gasteiger partial charge on any atom is -0.397 e. The van der Waals surface area contributed by atoms with E-state index in [1.165, 1.54) is 18.4 Å². The molecular weight excluding hydrogens is 286 g/mol. The number of nitrogens with zero attached hydrogens (tertiary/aromatic N) is 2. The van der Waals surface area contributed by atoms with Gasteiger partial charge in [0.2, 0.25) is 10.0 Å². The van der Waals surface area contributed by atoms with Crippen LogP contribution in [0.3, 0.4) is 0 Å². The van der Waals surface area contributed by atoms with Crippen LogP contribution in [0.1, 0.15) is 26.7 Å². The van der Waals surface area contributed by atoms with E-state index in [0.717, 1.165) is 25.1 Å². The molecule has 2 unspecified atom stereocenters. The van der Waals surface area contributed by atoms with E-state index in [0.29, 0.717) is 22.5 Å². The van der Waals surface area contributed by atoms with Crippen LogP contribution in [0.25, 0.3) is 0 Å². The second-order valence-electron chi connectivity index (χ2n) is 6.18. The van der Waals surface area contributed by atoms with Crippen molar-refractivity contribution in [1.82, 2.24) is 4.31 Å². The van der Waals surface area contributed by atoms with Gasteiger partial charge in [0.15, 0.2) is 0 Å². The Morgan fingerprint density at radius 3 is 2.52 bits per heavy atom. The Hall–Kier alpha value is -1.27. The number of nitrogen functional groups attached to an aromatic ring is 1. The van der Waals surface area contributed by atoms with Crippen LogP contribution in [0.15, 0.2) is 23.1 Å². The van der Waals surface area contributed by atoms with Crippen molar-refractivity contribution in [2.45, 2.75) is 37.6 Å². The molecule has 0 radical (unpaired) electrons. The fourth-order valence-electron chi connectivity index (χ4n) is 2.91. The summed E-state index contributed by atoms with van der Waals surface area (Å²) in [6, 6.07) is 5.34. The van der Waals surface area contributed by atoms with Gasteiger partial charge >= 0.3 is 0 Å². The predicted octanol–water partition coefficient (Wildman–Crippen LogP) is 2.14. The highest BCUT2D eigenvalue weighted by Gasteiger charge is 2.26. The minimum absolute atomic E-state index is 0.294. The Morgan fingerprint density at radius 2 is 1.95 bits per heavy atom. The fraction of sp³-hybridized carbons (Fsp3) is 0.600. The van der Waals surface area contributed by atoms with Crippen molar-refractivity contribution in [3.63, 3.8) is 0 Å². The standard InChI is InChI=1S/C15H25N3O2S/c1-11-7-8-18(12(2)9-11)15-10-13(5-6-14(15)16)21(19,20)17(3)4/h5-6,10-12H,7-9,16H2,1-4H3. The third-order valence-electron chi connectivity index (χ3n) is 4.23. The Morgan fingerprint density at radius 1 is 1.29 bits per heavy atom. The summed E-state index contributed by atoms with van der Waals surface area (Å²) in [5.41, 5.74) is 7.55. The first-order chi connectivity index (χ1) is 9.73. The summed E-state index contributed by atoms with van der Waals surface area (Å²) in [5.74, 6) is 0.700. The molecule has 1 aromatic rings. The van der Waals surface area contributed by atoms with Gasteiger partial charge in [-0.15, -0.1) is 0 Å². The zero-order valence-corrected chi connectivity index (χ0v) is 14.0. The lowest BCUT2D eigenvalue weighted by molar-refractivity contribution is 0.378. The van der Waals surface area contributed by atoms with E-state index in [2.05, 4.69) is 18.7 Å². The minimum atomic E-state index is -3.43. The van der Waals surface area contributed by atoms with Crippen molar-refractivity contribution >= 4 is 21.4 Å². The molecule has 1 aliphatic heterocycles. The topological polar surface area (TPSA) is 66.6 Å². The molecule has 1 aliphatic rings. The van der Waals surface area contributed by atoms with Gasteiger partial charge in [-0.2, -0.15) is 0 Å². The van der Waals surface area contributed by atoms with E-state index in [1.54, 1.807) is 18.2 Å². The van der Waals surface area contributed by atoms with Crippen LogP contribution in [0.2, 0.25) is 0 Å². The van der Waals surface area contributed by atoms with Crippen LogP contribution in [0, 0.1) is 5.92 Å². The van der Waals surface area contributed by atoms with Gasteiger partial charge in [-0.1, -0.05) is 6.92 Å². The molecule has 2 N–H and O–H groups in total. The summed E-state index contributed by atoms with van der Waals surface area (Å²) in [4.78, 5) is 2.52. The third-order valence-corrected chi connectivity index (χ3v) is 6.04. The largest absolute Gasteiger partial charge is 0.397 e. The number of hydrogen-bond donors (Lipinski definition) is 1. The number of nitrogens with two attached hydrogens (primary N) is 1. The molecule has 1 aromatic carbocycles. The normalized spacial score (nSPS) is 23.6. The van der Waals surface area contributed by atoms with Gasteiger partial charge in [0, 0.05) is 26.7 Å². The Bertz CT molecular complexity index is 613. The zero-order chi connectivity index (χ0) is 15.8. The fourth-order valence-corrected chi connectivity index (χ4v) is 3.83. The summed E-state index contributed by atoms with van der Waals surface area (Å²) in [6.07, 6.45) is 2.21. The summed E-state index contributed by atoms with van der Waals surface area (Å²) < 4.78 is 25.8. The lowest BCUT2D eigenvalue weighted by atomic mass is 9.93. The molecular formula is C15H25N3O2S. The molecule has 1 fully saturated rings. The molecule has 0 aliphatic carbocycles. The van der Waals surface area contributed by atoms with E-state index in [9.17, 15) is 8.42 Å². The summed E-state index contributed by atoms with van der Waals surface area (Å²) >= 11 is 0. The molecule has 2 rings (SSSR count). The molecule has 0 saturated carbocycles. The van der Waals surface area contributed by atoms with Crippen LogP contribution in [-0.4, -0.2) is 39.4 Å². The molecule has 5 nitrogen and oxygen atoms in total. The lowest BCUT2D eigenvalue weighted by Crippen LogP contribution is -2.40. The summed E-state index contributed by atoms with van der Waals surface area (Å²) in [6.45, 7) is 5.34. The zero-order valence-electron chi connectivity index (χ0n) is 13.2. The van der Waals surface area contributed by atoms with Crippen molar-refractivity contribution in [2.24, 2.45) is 5.92 Å². The quantitative estimate of drug-likeness (QED) is 0.869. The number of sulfonamides is 1. The van der Waals surface area contributed by atoms with Crippen LogP contribution < -0.4 is 10.6 Å². The molecule has 6 heteroatoms. The first-order valence-corrected chi connectivity index (χ1v) is 8.76. The Balaban J connectivity index is 2.41. The Kier molecular flexibility index (Phi) is 4.49. The maximum absolute atomic E-state index is 12.3. The monoisotopic (exact) mass is 311 g/mol. The van der Waals surface area contributed by atoms with Crippen LogP contribution in [0.4, 0.5) is 11.4 Å². The first-order valence-electron chi connectivity index (χ1n) is 7.32. The molecule has 1 heterocycles. The second kappa shape index (κ2) is 5.85. The predicted molar refractivity (Wildman–Crippen MR) is 86.9 cm³/mol. The molecule has 0 spiro atoms. The molecule has 1 saturated heterocycles. The van der Waals surface area contributed by atoms with Gasteiger partial charge < -0.3 is 10.6 Å². The van der Waals surface area contributed by atoms with Crippen molar-refractivity contribution in [1.29, 1.82) is 0 Å². The maximum Gasteiger partial charge on any atom is 0.242 e. The second-order valence-corrected chi connectivity index (χ2v) is 8.33. The lowest BCUT2D eigenvalue weighted by Gasteiger charge is -2.39. The van der Waals surface area contributed by atoms with Gasteiger partial charge in [0.1, 0.15) is 0 Å².